The lowest BCUT2D eigenvalue weighted by atomic mass is 9.71. The molecule has 0 aromatic heterocycles. The highest BCUT2D eigenvalue weighted by Crippen LogP contribution is 2.36. The van der Waals surface area contributed by atoms with Crippen molar-refractivity contribution in [3.8, 4) is 0 Å². The first-order valence-electron chi connectivity index (χ1n) is 8.84. The fraction of sp³-hybridized carbons (Fsp3) is 0.632. The highest BCUT2D eigenvalue weighted by molar-refractivity contribution is 5.74. The Morgan fingerprint density at radius 1 is 1.39 bits per heavy atom. The Morgan fingerprint density at radius 2 is 2.22 bits per heavy atom. The molecular formula is C19H28N2O2. The van der Waals surface area contributed by atoms with Crippen molar-refractivity contribution in [2.24, 2.45) is 5.92 Å². The monoisotopic (exact) mass is 316 g/mol. The molecule has 2 amide bonds. The summed E-state index contributed by atoms with van der Waals surface area (Å²) in [6.07, 6.45) is 5.44. The van der Waals surface area contributed by atoms with Gasteiger partial charge in [0.2, 0.25) is 0 Å². The van der Waals surface area contributed by atoms with Crippen LogP contribution in [0.5, 0.6) is 0 Å². The Bertz CT molecular complexity index is 560. The van der Waals surface area contributed by atoms with Crippen molar-refractivity contribution >= 4 is 6.03 Å². The molecule has 126 valence electrons. The first kappa shape index (κ1) is 16.3. The predicted molar refractivity (Wildman–Crippen MR) is 91.5 cm³/mol. The number of hydrogen-bond acceptors (Lipinski definition) is 2. The van der Waals surface area contributed by atoms with Crippen LogP contribution in [0.15, 0.2) is 24.3 Å². The maximum Gasteiger partial charge on any atom is 0.317 e. The van der Waals surface area contributed by atoms with Crippen molar-refractivity contribution in [2.45, 2.75) is 44.4 Å². The van der Waals surface area contributed by atoms with E-state index >= 15 is 0 Å². The Hall–Kier alpha value is -1.55. The fourth-order valence-electron chi connectivity index (χ4n) is 4.10. The van der Waals surface area contributed by atoms with Gasteiger partial charge in [-0.3, -0.25) is 0 Å². The van der Waals surface area contributed by atoms with Crippen LogP contribution in [0.2, 0.25) is 0 Å². The molecule has 1 aromatic rings. The van der Waals surface area contributed by atoms with Gasteiger partial charge in [0.05, 0.1) is 0 Å². The summed E-state index contributed by atoms with van der Waals surface area (Å²) in [5.41, 5.74) is 2.84. The van der Waals surface area contributed by atoms with Gasteiger partial charge in [0.25, 0.3) is 0 Å². The predicted octanol–water partition coefficient (Wildman–Crippen LogP) is 2.69. The van der Waals surface area contributed by atoms with Gasteiger partial charge in [0.1, 0.15) is 0 Å². The zero-order chi connectivity index (χ0) is 16.3. The number of aryl methyl sites for hydroxylation is 1. The number of fused-ring (bicyclic) bond motifs is 1. The molecule has 0 bridgehead atoms. The maximum atomic E-state index is 12.5. The van der Waals surface area contributed by atoms with Gasteiger partial charge in [-0.15, -0.1) is 0 Å². The molecule has 2 atom stereocenters. The zero-order valence-electron chi connectivity index (χ0n) is 14.1. The van der Waals surface area contributed by atoms with Crippen molar-refractivity contribution in [2.75, 3.05) is 26.2 Å². The number of nitrogens with one attached hydrogen (secondary N) is 1. The van der Waals surface area contributed by atoms with Crippen molar-refractivity contribution < 1.29 is 9.90 Å². The minimum atomic E-state index is 0.0208. The fourth-order valence-corrected chi connectivity index (χ4v) is 4.10. The van der Waals surface area contributed by atoms with Crippen LogP contribution in [-0.2, 0) is 11.8 Å². The van der Waals surface area contributed by atoms with Crippen LogP contribution >= 0.6 is 0 Å². The molecule has 1 saturated heterocycles. The summed E-state index contributed by atoms with van der Waals surface area (Å²) in [5.74, 6) is 0.237. The molecular weight excluding hydrogens is 288 g/mol. The Balaban J connectivity index is 1.63. The van der Waals surface area contributed by atoms with Crippen LogP contribution in [0.3, 0.4) is 0 Å². The topological polar surface area (TPSA) is 52.6 Å². The number of piperidine rings is 1. The van der Waals surface area contributed by atoms with Crippen molar-refractivity contribution in [3.05, 3.63) is 35.4 Å². The van der Waals surface area contributed by atoms with Crippen molar-refractivity contribution in [1.82, 2.24) is 10.2 Å². The van der Waals surface area contributed by atoms with Gasteiger partial charge in [-0.2, -0.15) is 0 Å². The van der Waals surface area contributed by atoms with Gasteiger partial charge in [0.15, 0.2) is 0 Å². The van der Waals surface area contributed by atoms with Gasteiger partial charge in [-0.1, -0.05) is 31.2 Å². The van der Waals surface area contributed by atoms with Crippen molar-refractivity contribution in [1.29, 1.82) is 0 Å². The molecule has 2 unspecified atom stereocenters. The SMILES string of the molecule is CC1(CNC(=O)N2CCCC(CO)C2)CCCc2ccccc21. The third-order valence-corrected chi connectivity index (χ3v) is 5.54. The number of amides is 2. The molecule has 1 aliphatic heterocycles. The summed E-state index contributed by atoms with van der Waals surface area (Å²) in [7, 11) is 0. The number of urea groups is 1. The number of rotatable bonds is 3. The minimum absolute atomic E-state index is 0.0208. The van der Waals surface area contributed by atoms with E-state index in [4.69, 9.17) is 0 Å². The van der Waals surface area contributed by atoms with Gasteiger partial charge in [-0.05, 0) is 49.1 Å². The Kier molecular flexibility index (Phi) is 4.90. The first-order valence-corrected chi connectivity index (χ1v) is 8.84. The lowest BCUT2D eigenvalue weighted by molar-refractivity contribution is 0.128. The molecule has 1 heterocycles. The first-order chi connectivity index (χ1) is 11.1. The summed E-state index contributed by atoms with van der Waals surface area (Å²) >= 11 is 0. The number of likely N-dealkylation sites (tertiary alicyclic amines) is 1. The van der Waals surface area contributed by atoms with E-state index in [1.165, 1.54) is 17.5 Å². The van der Waals surface area contributed by atoms with Gasteiger partial charge in [0, 0.05) is 31.7 Å². The third-order valence-electron chi connectivity index (χ3n) is 5.54. The minimum Gasteiger partial charge on any atom is -0.396 e. The zero-order valence-corrected chi connectivity index (χ0v) is 14.1. The molecule has 2 aliphatic rings. The summed E-state index contributed by atoms with van der Waals surface area (Å²) in [6, 6.07) is 8.65. The number of carbonyl (C=O) groups is 1. The number of aliphatic hydroxyl groups excluding tert-OH is 1. The van der Waals surface area contributed by atoms with E-state index in [0.717, 1.165) is 32.2 Å². The van der Waals surface area contributed by atoms with E-state index in [9.17, 15) is 9.90 Å². The second-order valence-electron chi connectivity index (χ2n) is 7.37. The average molecular weight is 316 g/mol. The molecule has 4 heteroatoms. The molecule has 0 saturated carbocycles. The lowest BCUT2D eigenvalue weighted by Crippen LogP contribution is -2.49. The molecule has 23 heavy (non-hydrogen) atoms. The number of carbonyl (C=O) groups excluding carboxylic acids is 1. The van der Waals surface area contributed by atoms with Crippen molar-refractivity contribution in [3.63, 3.8) is 0 Å². The smallest absolute Gasteiger partial charge is 0.317 e. The Labute approximate surface area is 138 Å². The summed E-state index contributed by atoms with van der Waals surface area (Å²) in [5, 5.41) is 12.5. The van der Waals surface area contributed by atoms with E-state index in [1.54, 1.807) is 0 Å². The van der Waals surface area contributed by atoms with E-state index in [0.29, 0.717) is 13.1 Å². The van der Waals surface area contributed by atoms with Crippen LogP contribution in [0.1, 0.15) is 43.7 Å². The normalized spacial score (nSPS) is 27.4. The molecule has 2 N–H and O–H groups in total. The van der Waals surface area contributed by atoms with E-state index in [1.807, 2.05) is 4.90 Å². The highest BCUT2D eigenvalue weighted by atomic mass is 16.3. The summed E-state index contributed by atoms with van der Waals surface area (Å²) in [4.78, 5) is 14.4. The third kappa shape index (κ3) is 3.52. The molecule has 0 spiro atoms. The van der Waals surface area contributed by atoms with Crippen LogP contribution in [0.4, 0.5) is 4.79 Å². The largest absolute Gasteiger partial charge is 0.396 e. The van der Waals surface area contributed by atoms with Gasteiger partial charge in [-0.25, -0.2) is 4.79 Å². The molecule has 1 aliphatic carbocycles. The molecule has 3 rings (SSSR count). The highest BCUT2D eigenvalue weighted by Gasteiger charge is 2.33. The summed E-state index contributed by atoms with van der Waals surface area (Å²) in [6.45, 7) is 4.60. The van der Waals surface area contributed by atoms with Crippen LogP contribution in [0, 0.1) is 5.92 Å². The number of benzene rings is 1. The van der Waals surface area contributed by atoms with Crippen LogP contribution in [0.25, 0.3) is 0 Å². The van der Waals surface area contributed by atoms with Crippen LogP contribution in [-0.4, -0.2) is 42.3 Å². The van der Waals surface area contributed by atoms with E-state index in [2.05, 4.69) is 36.5 Å². The van der Waals surface area contributed by atoms with E-state index < -0.39 is 0 Å². The number of aliphatic hydroxyl groups is 1. The summed E-state index contributed by atoms with van der Waals surface area (Å²) < 4.78 is 0. The molecule has 4 nitrogen and oxygen atoms in total. The Morgan fingerprint density at radius 3 is 3.04 bits per heavy atom. The number of hydrogen-bond donors (Lipinski definition) is 2. The lowest BCUT2D eigenvalue weighted by Gasteiger charge is -2.38. The average Bonchev–Trinajstić information content (AvgIpc) is 2.60. The van der Waals surface area contributed by atoms with Gasteiger partial charge < -0.3 is 15.3 Å². The molecule has 1 fully saturated rings. The molecule has 0 radical (unpaired) electrons. The van der Waals surface area contributed by atoms with Crippen LogP contribution < -0.4 is 5.32 Å². The quantitative estimate of drug-likeness (QED) is 0.901. The second kappa shape index (κ2) is 6.91. The second-order valence-corrected chi connectivity index (χ2v) is 7.37. The number of nitrogens with zero attached hydrogens (tertiary/aromatic N) is 1. The van der Waals surface area contributed by atoms with E-state index in [-0.39, 0.29) is 24.0 Å². The van der Waals surface area contributed by atoms with Gasteiger partial charge >= 0.3 is 6.03 Å². The maximum absolute atomic E-state index is 12.5. The standard InChI is InChI=1S/C19H28N2O2/c1-19(10-4-8-16-7-2-3-9-17(16)19)14-20-18(23)21-11-5-6-15(12-21)13-22/h2-3,7,9,15,22H,4-6,8,10-14H2,1H3,(H,20,23). The molecule has 1 aromatic carbocycles.